The van der Waals surface area contributed by atoms with Crippen molar-refractivity contribution in [2.45, 2.75) is 49.8 Å². The van der Waals surface area contributed by atoms with Crippen molar-refractivity contribution in [2.75, 3.05) is 38.7 Å². The molecule has 2 fully saturated rings. The van der Waals surface area contributed by atoms with E-state index in [9.17, 15) is 31.1 Å². The van der Waals surface area contributed by atoms with Gasteiger partial charge < -0.3 is 30.7 Å². The van der Waals surface area contributed by atoms with Crippen LogP contribution in [0.2, 0.25) is 0 Å². The van der Waals surface area contributed by atoms with Gasteiger partial charge in [0, 0.05) is 50.3 Å². The number of methoxy groups -OCH3 is 1. The van der Waals surface area contributed by atoms with Crippen LogP contribution in [0, 0.1) is 0 Å². The summed E-state index contributed by atoms with van der Waals surface area (Å²) in [6, 6.07) is 4.27. The molecule has 14 heteroatoms. The van der Waals surface area contributed by atoms with Crippen LogP contribution >= 0.6 is 0 Å². The zero-order valence-electron chi connectivity index (χ0n) is 21.2. The molecule has 1 amide bonds. The maximum Gasteiger partial charge on any atom is 0.448 e. The van der Waals surface area contributed by atoms with Gasteiger partial charge >= 0.3 is 12.4 Å². The number of ether oxygens (including phenoxy) is 2. The second-order valence-corrected chi connectivity index (χ2v) is 9.23. The third kappa shape index (κ3) is 8.70. The van der Waals surface area contributed by atoms with Gasteiger partial charge in [-0.2, -0.15) is 26.3 Å². The average molecular weight is 564 g/mol. The Balaban J connectivity index is 1.72. The molecule has 3 rings (SSSR count). The maximum atomic E-state index is 13.2. The zero-order valence-corrected chi connectivity index (χ0v) is 21.2. The van der Waals surface area contributed by atoms with Crippen molar-refractivity contribution in [1.29, 1.82) is 0 Å². The Morgan fingerprint density at radius 1 is 1.21 bits per heavy atom. The number of benzene rings is 1. The molecule has 0 unspecified atom stereocenters. The van der Waals surface area contributed by atoms with Gasteiger partial charge in [-0.15, -0.1) is 0 Å². The Labute approximate surface area is 221 Å². The number of allylic oxidation sites excluding steroid dienone is 1. The molecule has 1 aromatic carbocycles. The van der Waals surface area contributed by atoms with Gasteiger partial charge in [0.25, 0.3) is 5.91 Å². The van der Waals surface area contributed by atoms with Crippen molar-refractivity contribution in [3.05, 3.63) is 53.9 Å². The summed E-state index contributed by atoms with van der Waals surface area (Å²) in [5.74, 6) is -2.55. The molecular formula is C25H31F6N5O3. The molecule has 0 bridgehead atoms. The van der Waals surface area contributed by atoms with Gasteiger partial charge in [-0.1, -0.05) is 12.6 Å². The number of carbonyl (C=O) groups is 1. The number of likely N-dealkylation sites (tertiary alicyclic amines) is 1. The lowest BCUT2D eigenvalue weighted by Gasteiger charge is -2.38. The molecule has 2 aliphatic heterocycles. The minimum Gasteiger partial charge on any atom is -0.380 e. The molecule has 0 aliphatic carbocycles. The molecule has 216 valence electrons. The van der Waals surface area contributed by atoms with E-state index >= 15 is 0 Å². The molecule has 0 aromatic heterocycles. The van der Waals surface area contributed by atoms with Crippen LogP contribution < -0.4 is 16.4 Å². The molecular weight excluding hydrogens is 532 g/mol. The van der Waals surface area contributed by atoms with E-state index in [0.29, 0.717) is 26.1 Å². The topological polar surface area (TPSA) is 101 Å². The van der Waals surface area contributed by atoms with E-state index in [0.717, 1.165) is 30.7 Å². The van der Waals surface area contributed by atoms with Crippen LogP contribution in [0.3, 0.4) is 0 Å². The number of rotatable bonds is 8. The second kappa shape index (κ2) is 12.8. The van der Waals surface area contributed by atoms with Crippen LogP contribution in [0.4, 0.5) is 32.0 Å². The summed E-state index contributed by atoms with van der Waals surface area (Å²) in [6.07, 6.45) is -6.94. The minimum atomic E-state index is -4.99. The van der Waals surface area contributed by atoms with Crippen molar-refractivity contribution >= 4 is 17.4 Å². The SMILES string of the molecule is C=C(/C=C(\N=C(N)C(F)(F)F)C(=O)N1CCC(N[C@H]2CCOC[C@H]2OC)CC1)Nc1cccc(C(F)(F)F)c1. The first-order valence-electron chi connectivity index (χ1n) is 12.2. The van der Waals surface area contributed by atoms with Crippen molar-refractivity contribution in [1.82, 2.24) is 10.2 Å². The summed E-state index contributed by atoms with van der Waals surface area (Å²) in [7, 11) is 1.60. The number of amidine groups is 1. The van der Waals surface area contributed by atoms with E-state index in [-0.39, 0.29) is 42.7 Å². The molecule has 0 radical (unpaired) electrons. The molecule has 39 heavy (non-hydrogen) atoms. The number of alkyl halides is 6. The number of amides is 1. The third-order valence-electron chi connectivity index (χ3n) is 6.39. The van der Waals surface area contributed by atoms with Crippen LogP contribution in [-0.4, -0.2) is 74.4 Å². The standard InChI is InChI=1S/C25H31F6N5O3/c1-15(33-18-5-3-4-16(13-18)24(26,27)28)12-20(35-23(32)25(29,30)31)22(37)36-9-6-17(7-10-36)34-19-8-11-39-14-21(19)38-2/h3-5,12-13,17,19,21,33-34H,1,6-11,14H2,2H3,(H2,32,35)/b20-12-/t19-,21+/m0/s1. The summed E-state index contributed by atoms with van der Waals surface area (Å²) in [5, 5.41) is 6.07. The van der Waals surface area contributed by atoms with Gasteiger partial charge in [-0.25, -0.2) is 4.99 Å². The number of piperidine rings is 1. The first-order valence-corrected chi connectivity index (χ1v) is 12.2. The molecule has 2 saturated heterocycles. The summed E-state index contributed by atoms with van der Waals surface area (Å²) in [6.45, 7) is 5.15. The van der Waals surface area contributed by atoms with E-state index < -0.39 is 35.4 Å². The third-order valence-corrected chi connectivity index (χ3v) is 6.39. The summed E-state index contributed by atoms with van der Waals surface area (Å²) in [5.41, 5.74) is 3.31. The fourth-order valence-electron chi connectivity index (χ4n) is 4.34. The number of hydrogen-bond acceptors (Lipinski definition) is 6. The van der Waals surface area contributed by atoms with Crippen LogP contribution in [0.5, 0.6) is 0 Å². The summed E-state index contributed by atoms with van der Waals surface area (Å²) >= 11 is 0. The molecule has 2 atom stereocenters. The molecule has 4 N–H and O–H groups in total. The molecule has 2 heterocycles. The molecule has 2 aliphatic rings. The predicted molar refractivity (Wildman–Crippen MR) is 133 cm³/mol. The lowest BCUT2D eigenvalue weighted by molar-refractivity contribution is -0.137. The fraction of sp³-hybridized carbons (Fsp3) is 0.520. The number of nitrogens with zero attached hydrogens (tertiary/aromatic N) is 2. The van der Waals surface area contributed by atoms with Crippen LogP contribution in [0.15, 0.2) is 53.3 Å². The quantitative estimate of drug-likeness (QED) is 0.146. The predicted octanol–water partition coefficient (Wildman–Crippen LogP) is 3.82. The van der Waals surface area contributed by atoms with Crippen LogP contribution in [0.25, 0.3) is 0 Å². The highest BCUT2D eigenvalue weighted by molar-refractivity contribution is 5.98. The van der Waals surface area contributed by atoms with Gasteiger partial charge in [0.15, 0.2) is 0 Å². The maximum absolute atomic E-state index is 13.2. The first kappa shape index (κ1) is 30.4. The molecule has 0 spiro atoms. The van der Waals surface area contributed by atoms with Crippen molar-refractivity contribution in [3.63, 3.8) is 0 Å². The van der Waals surface area contributed by atoms with Crippen molar-refractivity contribution in [2.24, 2.45) is 10.7 Å². The largest absolute Gasteiger partial charge is 0.448 e. The summed E-state index contributed by atoms with van der Waals surface area (Å²) < 4.78 is 89.2. The van der Waals surface area contributed by atoms with Gasteiger partial charge in [0.1, 0.15) is 5.70 Å². The first-order chi connectivity index (χ1) is 18.3. The van der Waals surface area contributed by atoms with Gasteiger partial charge in [0.05, 0.1) is 18.3 Å². The van der Waals surface area contributed by atoms with E-state index in [2.05, 4.69) is 22.2 Å². The van der Waals surface area contributed by atoms with Crippen LogP contribution in [-0.2, 0) is 20.4 Å². The Hall–Kier alpha value is -3.10. The number of nitrogens with one attached hydrogen (secondary N) is 2. The highest BCUT2D eigenvalue weighted by Gasteiger charge is 2.36. The Morgan fingerprint density at radius 2 is 1.90 bits per heavy atom. The second-order valence-electron chi connectivity index (χ2n) is 9.23. The molecule has 0 saturated carbocycles. The lowest BCUT2D eigenvalue weighted by atomic mass is 9.99. The monoisotopic (exact) mass is 563 g/mol. The van der Waals surface area contributed by atoms with E-state index in [1.807, 2.05) is 0 Å². The highest BCUT2D eigenvalue weighted by Crippen LogP contribution is 2.31. The number of nitrogens with two attached hydrogens (primary N) is 1. The van der Waals surface area contributed by atoms with Gasteiger partial charge in [-0.3, -0.25) is 4.79 Å². The number of halogens is 6. The number of aliphatic imine (C=N–C) groups is 1. The summed E-state index contributed by atoms with van der Waals surface area (Å²) in [4.78, 5) is 17.8. The lowest BCUT2D eigenvalue weighted by Crippen LogP contribution is -2.54. The van der Waals surface area contributed by atoms with E-state index in [1.54, 1.807) is 7.11 Å². The number of carbonyl (C=O) groups excluding carboxylic acids is 1. The number of hydrogen-bond donors (Lipinski definition) is 3. The average Bonchev–Trinajstić information content (AvgIpc) is 2.87. The Bertz CT molecular complexity index is 1080. The van der Waals surface area contributed by atoms with E-state index in [4.69, 9.17) is 15.2 Å². The van der Waals surface area contributed by atoms with Crippen molar-refractivity contribution in [3.8, 4) is 0 Å². The minimum absolute atomic E-state index is 0.0278. The van der Waals surface area contributed by atoms with Gasteiger partial charge in [-0.05, 0) is 43.5 Å². The Kier molecular flexibility index (Phi) is 10.0. The number of anilines is 1. The normalized spacial score (nSPS) is 22.1. The zero-order chi connectivity index (χ0) is 28.8. The van der Waals surface area contributed by atoms with Crippen LogP contribution in [0.1, 0.15) is 24.8 Å². The Morgan fingerprint density at radius 3 is 2.51 bits per heavy atom. The smallest absolute Gasteiger partial charge is 0.380 e. The van der Waals surface area contributed by atoms with Crippen molar-refractivity contribution < 1.29 is 40.6 Å². The molecule has 8 nitrogen and oxygen atoms in total. The highest BCUT2D eigenvalue weighted by atomic mass is 19.4. The molecule has 1 aromatic rings. The van der Waals surface area contributed by atoms with Gasteiger partial charge in [0.2, 0.25) is 5.84 Å². The fourth-order valence-corrected chi connectivity index (χ4v) is 4.34. The van der Waals surface area contributed by atoms with E-state index in [1.165, 1.54) is 11.0 Å².